The van der Waals surface area contributed by atoms with Crippen molar-refractivity contribution in [2.24, 2.45) is 0 Å². The maximum atomic E-state index is 13.1. The van der Waals surface area contributed by atoms with Gasteiger partial charge in [0.15, 0.2) is 0 Å². The number of ether oxygens (including phenoxy) is 1. The fraction of sp³-hybridized carbons (Fsp3) is 0.364. The molecule has 1 saturated heterocycles. The van der Waals surface area contributed by atoms with E-state index in [1.807, 2.05) is 0 Å². The predicted molar refractivity (Wildman–Crippen MR) is 59.3 cm³/mol. The Morgan fingerprint density at radius 3 is 2.88 bits per heavy atom. The van der Waals surface area contributed by atoms with Gasteiger partial charge < -0.3 is 9.84 Å². The van der Waals surface area contributed by atoms with Crippen LogP contribution in [0.15, 0.2) is 18.2 Å². The van der Waals surface area contributed by atoms with Crippen LogP contribution in [0.25, 0.3) is 0 Å². The van der Waals surface area contributed by atoms with Gasteiger partial charge in [0.1, 0.15) is 5.82 Å². The number of carboxylic acids is 1. The van der Waals surface area contributed by atoms with Crippen molar-refractivity contribution in [3.8, 4) is 0 Å². The zero-order valence-electron chi connectivity index (χ0n) is 8.48. The summed E-state index contributed by atoms with van der Waals surface area (Å²) < 4.78 is 18.1. The lowest BCUT2D eigenvalue weighted by Crippen LogP contribution is -2.30. The number of rotatable bonds is 4. The number of hydrogen-bond acceptors (Lipinski definition) is 3. The molecule has 16 heavy (non-hydrogen) atoms. The molecule has 1 aliphatic rings. The van der Waals surface area contributed by atoms with Crippen LogP contribution in [-0.4, -0.2) is 29.5 Å². The summed E-state index contributed by atoms with van der Waals surface area (Å²) in [6.45, 7) is 1.50. The van der Waals surface area contributed by atoms with Gasteiger partial charge in [-0.2, -0.15) is 0 Å². The standard InChI is InChI=1S/C11H11FO3S/c12-10-2-1-7(3-9(10)11(13)14)6-16-8-4-15-5-8/h1-3,8H,4-6H2,(H,13,14). The lowest BCUT2D eigenvalue weighted by atomic mass is 10.1. The number of thioether (sulfide) groups is 1. The topological polar surface area (TPSA) is 46.5 Å². The van der Waals surface area contributed by atoms with Gasteiger partial charge in [0.05, 0.1) is 24.0 Å². The second kappa shape index (κ2) is 4.84. The number of hydrogen-bond donors (Lipinski definition) is 1. The predicted octanol–water partition coefficient (Wildman–Crippen LogP) is 2.16. The van der Waals surface area contributed by atoms with Gasteiger partial charge in [0.25, 0.3) is 0 Å². The maximum Gasteiger partial charge on any atom is 0.338 e. The van der Waals surface area contributed by atoms with E-state index in [2.05, 4.69) is 0 Å². The van der Waals surface area contributed by atoms with E-state index in [9.17, 15) is 9.18 Å². The van der Waals surface area contributed by atoms with E-state index in [1.54, 1.807) is 17.8 Å². The average molecular weight is 242 g/mol. The van der Waals surface area contributed by atoms with Gasteiger partial charge in [0.2, 0.25) is 0 Å². The van der Waals surface area contributed by atoms with Crippen LogP contribution in [0, 0.1) is 5.82 Å². The number of carboxylic acid groups (broad SMARTS) is 1. The molecule has 1 aromatic rings. The second-order valence-electron chi connectivity index (χ2n) is 3.59. The molecule has 0 spiro atoms. The van der Waals surface area contributed by atoms with Crippen LogP contribution in [0.3, 0.4) is 0 Å². The molecule has 0 atom stereocenters. The van der Waals surface area contributed by atoms with Crippen LogP contribution in [0.1, 0.15) is 15.9 Å². The first kappa shape index (κ1) is 11.4. The van der Waals surface area contributed by atoms with Gasteiger partial charge in [-0.3, -0.25) is 0 Å². The van der Waals surface area contributed by atoms with Gasteiger partial charge in [-0.25, -0.2) is 9.18 Å². The Balaban J connectivity index is 2.03. The Kier molecular flexibility index (Phi) is 3.46. The van der Waals surface area contributed by atoms with E-state index < -0.39 is 11.8 Å². The third kappa shape index (κ3) is 2.54. The van der Waals surface area contributed by atoms with Crippen LogP contribution in [-0.2, 0) is 10.5 Å². The van der Waals surface area contributed by atoms with Crippen LogP contribution in [0.4, 0.5) is 4.39 Å². The Morgan fingerprint density at radius 1 is 1.56 bits per heavy atom. The number of halogens is 1. The fourth-order valence-corrected chi connectivity index (χ4v) is 2.34. The summed E-state index contributed by atoms with van der Waals surface area (Å²) in [5.41, 5.74) is 0.568. The quantitative estimate of drug-likeness (QED) is 0.878. The van der Waals surface area contributed by atoms with E-state index in [0.29, 0.717) is 11.0 Å². The SMILES string of the molecule is O=C(O)c1cc(CSC2COC2)ccc1F. The first-order valence-corrected chi connectivity index (χ1v) is 5.93. The van der Waals surface area contributed by atoms with Crippen molar-refractivity contribution >= 4 is 17.7 Å². The van der Waals surface area contributed by atoms with Crippen molar-refractivity contribution in [1.82, 2.24) is 0 Å². The largest absolute Gasteiger partial charge is 0.478 e. The summed E-state index contributed by atoms with van der Waals surface area (Å²) in [5.74, 6) is -1.22. The molecule has 2 rings (SSSR count). The minimum absolute atomic E-state index is 0.261. The molecule has 5 heteroatoms. The van der Waals surface area contributed by atoms with E-state index in [-0.39, 0.29) is 5.56 Å². The van der Waals surface area contributed by atoms with E-state index >= 15 is 0 Å². The van der Waals surface area contributed by atoms with Crippen molar-refractivity contribution in [3.63, 3.8) is 0 Å². The van der Waals surface area contributed by atoms with Crippen molar-refractivity contribution < 1.29 is 19.0 Å². The van der Waals surface area contributed by atoms with Gasteiger partial charge in [-0.15, -0.1) is 11.8 Å². The van der Waals surface area contributed by atoms with Gasteiger partial charge >= 0.3 is 5.97 Å². The Labute approximate surface area is 96.6 Å². The molecule has 1 aliphatic heterocycles. The third-order valence-corrected chi connectivity index (χ3v) is 3.60. The number of carbonyl (C=O) groups is 1. The molecule has 0 bridgehead atoms. The van der Waals surface area contributed by atoms with Crippen LogP contribution >= 0.6 is 11.8 Å². The molecule has 0 saturated carbocycles. The van der Waals surface area contributed by atoms with Crippen LogP contribution in [0.5, 0.6) is 0 Å². The van der Waals surface area contributed by atoms with Crippen molar-refractivity contribution in [3.05, 3.63) is 35.1 Å². The molecule has 0 aromatic heterocycles. The highest BCUT2D eigenvalue weighted by molar-refractivity contribution is 7.99. The average Bonchev–Trinajstić information content (AvgIpc) is 2.17. The summed E-state index contributed by atoms with van der Waals surface area (Å²) in [7, 11) is 0. The lowest BCUT2D eigenvalue weighted by Gasteiger charge is -2.25. The monoisotopic (exact) mass is 242 g/mol. The molecule has 0 radical (unpaired) electrons. The first-order valence-electron chi connectivity index (χ1n) is 4.88. The Bertz CT molecular complexity index is 404. The highest BCUT2D eigenvalue weighted by Gasteiger charge is 2.19. The van der Waals surface area contributed by atoms with Gasteiger partial charge in [-0.05, 0) is 17.7 Å². The summed E-state index contributed by atoms with van der Waals surface area (Å²) in [5, 5.41) is 9.24. The summed E-state index contributed by atoms with van der Waals surface area (Å²) in [6.07, 6.45) is 0. The molecular formula is C11H11FO3S. The lowest BCUT2D eigenvalue weighted by molar-refractivity contribution is 0.0455. The van der Waals surface area contributed by atoms with Crippen molar-refractivity contribution in [2.45, 2.75) is 11.0 Å². The van der Waals surface area contributed by atoms with E-state index in [0.717, 1.165) is 18.8 Å². The fourth-order valence-electron chi connectivity index (χ4n) is 1.35. The first-order chi connectivity index (χ1) is 7.66. The molecule has 1 heterocycles. The Morgan fingerprint density at radius 2 is 2.31 bits per heavy atom. The zero-order chi connectivity index (χ0) is 11.5. The molecular weight excluding hydrogens is 231 g/mol. The normalized spacial score (nSPS) is 15.8. The molecule has 0 amide bonds. The molecule has 3 nitrogen and oxygen atoms in total. The zero-order valence-corrected chi connectivity index (χ0v) is 9.30. The number of aromatic carboxylic acids is 1. The summed E-state index contributed by atoms with van der Waals surface area (Å²) in [4.78, 5) is 10.7. The molecule has 1 fully saturated rings. The maximum absolute atomic E-state index is 13.1. The summed E-state index contributed by atoms with van der Waals surface area (Å²) >= 11 is 1.70. The molecule has 0 aliphatic carbocycles. The molecule has 86 valence electrons. The van der Waals surface area contributed by atoms with Gasteiger partial charge in [0, 0.05) is 5.75 Å². The second-order valence-corrected chi connectivity index (χ2v) is 4.88. The highest BCUT2D eigenvalue weighted by atomic mass is 32.2. The highest BCUT2D eigenvalue weighted by Crippen LogP contribution is 2.24. The smallest absolute Gasteiger partial charge is 0.338 e. The van der Waals surface area contributed by atoms with E-state index in [4.69, 9.17) is 9.84 Å². The third-order valence-electron chi connectivity index (χ3n) is 2.35. The minimum Gasteiger partial charge on any atom is -0.478 e. The number of benzene rings is 1. The minimum atomic E-state index is -1.23. The molecule has 1 aromatic carbocycles. The van der Waals surface area contributed by atoms with Gasteiger partial charge in [-0.1, -0.05) is 6.07 Å². The van der Waals surface area contributed by atoms with Crippen molar-refractivity contribution in [1.29, 1.82) is 0 Å². The van der Waals surface area contributed by atoms with Crippen molar-refractivity contribution in [2.75, 3.05) is 13.2 Å². The molecule has 0 unspecified atom stereocenters. The van der Waals surface area contributed by atoms with Crippen LogP contribution in [0.2, 0.25) is 0 Å². The molecule has 1 N–H and O–H groups in total. The van der Waals surface area contributed by atoms with Crippen LogP contribution < -0.4 is 0 Å². The Hall–Kier alpha value is -1.07. The van der Waals surface area contributed by atoms with E-state index in [1.165, 1.54) is 12.1 Å². The summed E-state index contributed by atoms with van der Waals surface area (Å²) in [6, 6.07) is 4.22.